The van der Waals surface area contributed by atoms with Crippen LogP contribution >= 0.6 is 0 Å². The van der Waals surface area contributed by atoms with Gasteiger partial charge in [0.05, 0.1) is 6.10 Å². The van der Waals surface area contributed by atoms with Crippen molar-refractivity contribution in [3.63, 3.8) is 0 Å². The average molecular weight is 288 g/mol. The molecule has 112 valence electrons. The molecule has 0 spiro atoms. The third-order valence-electron chi connectivity index (χ3n) is 4.12. The van der Waals surface area contributed by atoms with Crippen molar-refractivity contribution in [3.05, 3.63) is 35.7 Å². The first-order chi connectivity index (χ1) is 10.1. The third kappa shape index (κ3) is 3.05. The fourth-order valence-corrected chi connectivity index (χ4v) is 2.92. The summed E-state index contributed by atoms with van der Waals surface area (Å²) in [4.78, 5) is 8.35. The Kier molecular flexibility index (Phi) is 3.88. The fraction of sp³-hybridized carbons (Fsp3) is 0.533. The molecule has 1 fully saturated rings. The van der Waals surface area contributed by atoms with Crippen LogP contribution in [0.25, 0.3) is 0 Å². The van der Waals surface area contributed by atoms with E-state index in [4.69, 9.17) is 4.52 Å². The minimum absolute atomic E-state index is 0.159. The lowest BCUT2D eigenvalue weighted by molar-refractivity contribution is 0.137. The van der Waals surface area contributed by atoms with Crippen LogP contribution < -0.4 is 5.32 Å². The summed E-state index contributed by atoms with van der Waals surface area (Å²) >= 11 is 0. The fourth-order valence-electron chi connectivity index (χ4n) is 2.92. The zero-order valence-corrected chi connectivity index (χ0v) is 12.3. The van der Waals surface area contributed by atoms with Crippen LogP contribution in [-0.4, -0.2) is 32.9 Å². The summed E-state index contributed by atoms with van der Waals surface area (Å²) in [6.07, 6.45) is 4.81. The van der Waals surface area contributed by atoms with Crippen LogP contribution in [0.1, 0.15) is 36.0 Å². The van der Waals surface area contributed by atoms with E-state index in [-0.39, 0.29) is 17.9 Å². The summed E-state index contributed by atoms with van der Waals surface area (Å²) in [6, 6.07) is 1.95. The summed E-state index contributed by atoms with van der Waals surface area (Å²) in [5.41, 5.74) is 2.17. The predicted molar refractivity (Wildman–Crippen MR) is 78.0 cm³/mol. The maximum absolute atomic E-state index is 10.2. The molecule has 0 unspecified atom stereocenters. The minimum atomic E-state index is -0.336. The number of aromatic nitrogens is 3. The van der Waals surface area contributed by atoms with Crippen LogP contribution in [0.3, 0.4) is 0 Å². The first kappa shape index (κ1) is 14.0. The normalized spacial score (nSPS) is 25.2. The van der Waals surface area contributed by atoms with E-state index in [1.54, 1.807) is 6.20 Å². The molecule has 2 aromatic heterocycles. The molecule has 0 amide bonds. The van der Waals surface area contributed by atoms with Gasteiger partial charge in [0.15, 0.2) is 5.82 Å². The van der Waals surface area contributed by atoms with Crippen molar-refractivity contribution in [1.29, 1.82) is 0 Å². The van der Waals surface area contributed by atoms with E-state index in [0.29, 0.717) is 18.1 Å². The molecule has 1 aliphatic rings. The van der Waals surface area contributed by atoms with Crippen molar-refractivity contribution in [3.8, 4) is 0 Å². The molecule has 0 bridgehead atoms. The van der Waals surface area contributed by atoms with Crippen molar-refractivity contribution in [2.45, 2.75) is 38.7 Å². The molecule has 2 heterocycles. The minimum Gasteiger partial charge on any atom is -0.393 e. The number of hydrogen-bond donors (Lipinski definition) is 2. The van der Waals surface area contributed by atoms with Crippen LogP contribution in [0.2, 0.25) is 0 Å². The van der Waals surface area contributed by atoms with Gasteiger partial charge in [-0.3, -0.25) is 4.98 Å². The van der Waals surface area contributed by atoms with Gasteiger partial charge in [-0.25, -0.2) is 0 Å². The molecule has 3 rings (SSSR count). The van der Waals surface area contributed by atoms with Gasteiger partial charge in [0.1, 0.15) is 0 Å². The molecule has 0 saturated heterocycles. The molecule has 21 heavy (non-hydrogen) atoms. The van der Waals surface area contributed by atoms with E-state index in [2.05, 4.69) is 20.4 Å². The highest BCUT2D eigenvalue weighted by Gasteiger charge is 2.36. The van der Waals surface area contributed by atoms with E-state index in [9.17, 15) is 5.11 Å². The number of aliphatic hydroxyl groups excluding tert-OH is 1. The summed E-state index contributed by atoms with van der Waals surface area (Å²) in [5.74, 6) is 1.64. The van der Waals surface area contributed by atoms with Crippen LogP contribution in [-0.2, 0) is 0 Å². The van der Waals surface area contributed by atoms with E-state index in [0.717, 1.165) is 24.2 Å². The van der Waals surface area contributed by atoms with Gasteiger partial charge >= 0.3 is 0 Å². The molecule has 0 aliphatic heterocycles. The smallest absolute Gasteiger partial charge is 0.229 e. The van der Waals surface area contributed by atoms with Crippen LogP contribution in [0.15, 0.2) is 23.0 Å². The van der Waals surface area contributed by atoms with Gasteiger partial charge in [-0.1, -0.05) is 5.16 Å². The molecule has 6 heteroatoms. The van der Waals surface area contributed by atoms with Crippen molar-refractivity contribution in [1.82, 2.24) is 15.1 Å². The highest BCUT2D eigenvalue weighted by molar-refractivity contribution is 5.48. The van der Waals surface area contributed by atoms with Crippen LogP contribution in [0.4, 0.5) is 5.69 Å². The summed E-state index contributed by atoms with van der Waals surface area (Å²) in [7, 11) is 0. The Balaban J connectivity index is 1.61. The Bertz CT molecular complexity index is 613. The number of rotatable bonds is 4. The van der Waals surface area contributed by atoms with E-state index < -0.39 is 0 Å². The molecule has 3 atom stereocenters. The van der Waals surface area contributed by atoms with Crippen molar-refractivity contribution < 1.29 is 9.63 Å². The second-order valence-corrected chi connectivity index (χ2v) is 5.75. The predicted octanol–water partition coefficient (Wildman–Crippen LogP) is 2.05. The standard InChI is InChI=1S/C15H20N4O2/c1-9-7-16-4-3-13(9)17-8-12-5-11(6-14(12)20)15-18-10(2)19-21-15/h3-4,7,11-12,14,20H,5-6,8H2,1-2H3,(H,16,17)/t11-,12+,14+/m0/s1. The van der Waals surface area contributed by atoms with Gasteiger partial charge in [-0.15, -0.1) is 0 Å². The molecule has 0 radical (unpaired) electrons. The SMILES string of the molecule is Cc1noc([C@H]2C[C@H](CNc3ccncc3C)[C@H](O)C2)n1. The molecular weight excluding hydrogens is 268 g/mol. The molecule has 6 nitrogen and oxygen atoms in total. The molecule has 1 saturated carbocycles. The largest absolute Gasteiger partial charge is 0.393 e. The zero-order chi connectivity index (χ0) is 14.8. The molecule has 0 aromatic carbocycles. The van der Waals surface area contributed by atoms with Gasteiger partial charge in [0, 0.05) is 36.5 Å². The maximum atomic E-state index is 10.2. The highest BCUT2D eigenvalue weighted by Crippen LogP contribution is 2.37. The first-order valence-electron chi connectivity index (χ1n) is 7.26. The summed E-state index contributed by atoms with van der Waals surface area (Å²) in [5, 5.41) is 17.5. The quantitative estimate of drug-likeness (QED) is 0.895. The lowest BCUT2D eigenvalue weighted by Gasteiger charge is -2.16. The average Bonchev–Trinajstić information content (AvgIpc) is 3.04. The van der Waals surface area contributed by atoms with Gasteiger partial charge < -0.3 is 14.9 Å². The lowest BCUT2D eigenvalue weighted by atomic mass is 10.0. The van der Waals surface area contributed by atoms with Crippen molar-refractivity contribution >= 4 is 5.69 Å². The van der Waals surface area contributed by atoms with Gasteiger partial charge in [-0.05, 0) is 38.3 Å². The number of aliphatic hydroxyl groups is 1. The zero-order valence-electron chi connectivity index (χ0n) is 12.3. The number of nitrogens with zero attached hydrogens (tertiary/aromatic N) is 3. The first-order valence-corrected chi connectivity index (χ1v) is 7.26. The van der Waals surface area contributed by atoms with Gasteiger partial charge in [0.2, 0.25) is 5.89 Å². The van der Waals surface area contributed by atoms with E-state index in [1.165, 1.54) is 0 Å². The Morgan fingerprint density at radius 2 is 2.24 bits per heavy atom. The van der Waals surface area contributed by atoms with Gasteiger partial charge in [0.25, 0.3) is 0 Å². The molecule has 2 aromatic rings. The lowest BCUT2D eigenvalue weighted by Crippen LogP contribution is -2.22. The molecule has 1 aliphatic carbocycles. The van der Waals surface area contributed by atoms with E-state index >= 15 is 0 Å². The number of anilines is 1. The number of hydrogen-bond acceptors (Lipinski definition) is 6. The van der Waals surface area contributed by atoms with Crippen LogP contribution in [0, 0.1) is 19.8 Å². The number of pyridine rings is 1. The second-order valence-electron chi connectivity index (χ2n) is 5.75. The van der Waals surface area contributed by atoms with Crippen molar-refractivity contribution in [2.24, 2.45) is 5.92 Å². The third-order valence-corrected chi connectivity index (χ3v) is 4.12. The maximum Gasteiger partial charge on any atom is 0.229 e. The Morgan fingerprint density at radius 1 is 1.38 bits per heavy atom. The topological polar surface area (TPSA) is 84.1 Å². The van der Waals surface area contributed by atoms with Crippen molar-refractivity contribution in [2.75, 3.05) is 11.9 Å². The molecule has 2 N–H and O–H groups in total. The van der Waals surface area contributed by atoms with Crippen LogP contribution in [0.5, 0.6) is 0 Å². The summed E-state index contributed by atoms with van der Waals surface area (Å²) < 4.78 is 5.23. The van der Waals surface area contributed by atoms with Gasteiger partial charge in [-0.2, -0.15) is 4.98 Å². The molecular formula is C15H20N4O2. The number of nitrogens with one attached hydrogen (secondary N) is 1. The van der Waals surface area contributed by atoms with E-state index in [1.807, 2.05) is 26.1 Å². The number of aryl methyl sites for hydroxylation is 2. The monoisotopic (exact) mass is 288 g/mol. The Labute approximate surface area is 123 Å². The highest BCUT2D eigenvalue weighted by atomic mass is 16.5. The Morgan fingerprint density at radius 3 is 2.95 bits per heavy atom. The Hall–Kier alpha value is -1.95. The second kappa shape index (κ2) is 5.81. The summed E-state index contributed by atoms with van der Waals surface area (Å²) in [6.45, 7) is 4.56.